The summed E-state index contributed by atoms with van der Waals surface area (Å²) >= 11 is 0. The highest BCUT2D eigenvalue weighted by Crippen LogP contribution is 2.18. The van der Waals surface area contributed by atoms with E-state index in [1.807, 2.05) is 11.9 Å². The van der Waals surface area contributed by atoms with Crippen LogP contribution in [0.3, 0.4) is 0 Å². The number of rotatable bonds is 7. The van der Waals surface area contributed by atoms with Gasteiger partial charge in [0.25, 0.3) is 0 Å². The molecule has 2 N–H and O–H groups in total. The first-order chi connectivity index (χ1) is 7.80. The van der Waals surface area contributed by atoms with Crippen LogP contribution in [0.1, 0.15) is 53.4 Å². The van der Waals surface area contributed by atoms with E-state index in [0.717, 1.165) is 32.4 Å². The summed E-state index contributed by atoms with van der Waals surface area (Å²) in [4.78, 5) is 13.8. The van der Waals surface area contributed by atoms with Crippen LogP contribution in [0.25, 0.3) is 0 Å². The minimum absolute atomic E-state index is 0.172. The maximum absolute atomic E-state index is 11.9. The van der Waals surface area contributed by atoms with Crippen molar-refractivity contribution in [3.8, 4) is 0 Å². The van der Waals surface area contributed by atoms with Crippen molar-refractivity contribution in [2.45, 2.75) is 53.4 Å². The highest BCUT2D eigenvalue weighted by Gasteiger charge is 2.18. The van der Waals surface area contributed by atoms with Gasteiger partial charge in [-0.25, -0.2) is 0 Å². The Labute approximate surface area is 107 Å². The van der Waals surface area contributed by atoms with E-state index in [2.05, 4.69) is 27.7 Å². The molecule has 0 rings (SSSR count). The highest BCUT2D eigenvalue weighted by atomic mass is 16.2. The molecule has 0 saturated carbocycles. The molecule has 0 aliphatic heterocycles. The first-order valence-corrected chi connectivity index (χ1v) is 6.74. The van der Waals surface area contributed by atoms with E-state index in [4.69, 9.17) is 5.73 Å². The second-order valence-corrected chi connectivity index (χ2v) is 6.20. The average molecular weight is 242 g/mol. The molecule has 0 heterocycles. The molecule has 17 heavy (non-hydrogen) atoms. The lowest BCUT2D eigenvalue weighted by atomic mass is 9.94. The van der Waals surface area contributed by atoms with E-state index in [1.165, 1.54) is 0 Å². The summed E-state index contributed by atoms with van der Waals surface area (Å²) in [6.45, 7) is 10.2. The van der Waals surface area contributed by atoms with Crippen molar-refractivity contribution in [2.75, 3.05) is 20.1 Å². The Morgan fingerprint density at radius 1 is 1.29 bits per heavy atom. The summed E-state index contributed by atoms with van der Waals surface area (Å²) in [5, 5.41) is 0. The third-order valence-corrected chi connectivity index (χ3v) is 3.06. The second-order valence-electron chi connectivity index (χ2n) is 6.20. The fraction of sp³-hybridized carbons (Fsp3) is 0.929. The van der Waals surface area contributed by atoms with Crippen molar-refractivity contribution in [3.63, 3.8) is 0 Å². The molecule has 0 bridgehead atoms. The Bertz CT molecular complexity index is 221. The summed E-state index contributed by atoms with van der Waals surface area (Å²) in [6.07, 6.45) is 3.78. The maximum Gasteiger partial charge on any atom is 0.222 e. The van der Waals surface area contributed by atoms with Crippen molar-refractivity contribution >= 4 is 5.91 Å². The first-order valence-electron chi connectivity index (χ1n) is 6.74. The molecule has 0 spiro atoms. The Hall–Kier alpha value is -0.570. The maximum atomic E-state index is 11.9. The van der Waals surface area contributed by atoms with Gasteiger partial charge in [-0.15, -0.1) is 0 Å². The summed E-state index contributed by atoms with van der Waals surface area (Å²) in [5.74, 6) is 0.863. The topological polar surface area (TPSA) is 46.3 Å². The molecule has 0 aliphatic carbocycles. The van der Waals surface area contributed by atoms with Crippen LogP contribution in [-0.2, 0) is 4.79 Å². The van der Waals surface area contributed by atoms with Crippen LogP contribution in [0.15, 0.2) is 0 Å². The fourth-order valence-electron chi connectivity index (χ4n) is 2.11. The molecule has 1 atom stereocenters. The van der Waals surface area contributed by atoms with Gasteiger partial charge in [0.2, 0.25) is 5.91 Å². The second kappa shape index (κ2) is 7.70. The Morgan fingerprint density at radius 3 is 2.29 bits per heavy atom. The molecule has 0 fully saturated rings. The molecule has 0 radical (unpaired) electrons. The van der Waals surface area contributed by atoms with Crippen LogP contribution in [0.5, 0.6) is 0 Å². The summed E-state index contributed by atoms with van der Waals surface area (Å²) in [7, 11) is 1.90. The predicted octanol–water partition coefficient (Wildman–Crippen LogP) is 2.65. The molecule has 102 valence electrons. The molecule has 0 aromatic heterocycles. The molecule has 0 aromatic carbocycles. The minimum Gasteiger partial charge on any atom is -0.345 e. The zero-order valence-corrected chi connectivity index (χ0v) is 12.3. The number of hydrogen-bond acceptors (Lipinski definition) is 2. The average Bonchev–Trinajstić information content (AvgIpc) is 2.21. The van der Waals surface area contributed by atoms with E-state index in [0.29, 0.717) is 12.3 Å². The van der Waals surface area contributed by atoms with E-state index < -0.39 is 0 Å². The van der Waals surface area contributed by atoms with Crippen molar-refractivity contribution in [1.82, 2.24) is 4.90 Å². The SMILES string of the molecule is CCC(CCN)CCC(=O)N(C)CC(C)(C)C. The molecule has 0 saturated heterocycles. The zero-order chi connectivity index (χ0) is 13.5. The molecule has 1 unspecified atom stereocenters. The summed E-state index contributed by atoms with van der Waals surface area (Å²) in [6, 6.07) is 0. The molecular weight excluding hydrogens is 212 g/mol. The summed E-state index contributed by atoms with van der Waals surface area (Å²) < 4.78 is 0. The van der Waals surface area contributed by atoms with Gasteiger partial charge in [0.05, 0.1) is 0 Å². The lowest BCUT2D eigenvalue weighted by Gasteiger charge is -2.27. The van der Waals surface area contributed by atoms with Gasteiger partial charge in [-0.1, -0.05) is 34.1 Å². The smallest absolute Gasteiger partial charge is 0.222 e. The van der Waals surface area contributed by atoms with Crippen LogP contribution in [0.2, 0.25) is 0 Å². The number of carbonyl (C=O) groups is 1. The van der Waals surface area contributed by atoms with Crippen LogP contribution in [0, 0.1) is 11.3 Å². The third-order valence-electron chi connectivity index (χ3n) is 3.06. The molecule has 3 heteroatoms. The largest absolute Gasteiger partial charge is 0.345 e. The van der Waals surface area contributed by atoms with Gasteiger partial charge >= 0.3 is 0 Å². The zero-order valence-electron chi connectivity index (χ0n) is 12.3. The summed E-state index contributed by atoms with van der Waals surface area (Å²) in [5.41, 5.74) is 5.73. The molecular formula is C14H30N2O. The lowest BCUT2D eigenvalue weighted by Crippen LogP contribution is -2.34. The van der Waals surface area contributed by atoms with Crippen LogP contribution < -0.4 is 5.73 Å². The van der Waals surface area contributed by atoms with Gasteiger partial charge in [-0.05, 0) is 30.7 Å². The van der Waals surface area contributed by atoms with Gasteiger partial charge < -0.3 is 10.6 Å². The molecule has 1 amide bonds. The van der Waals surface area contributed by atoms with E-state index in [9.17, 15) is 4.79 Å². The molecule has 0 aromatic rings. The van der Waals surface area contributed by atoms with Crippen LogP contribution in [-0.4, -0.2) is 30.9 Å². The number of amides is 1. The fourth-order valence-corrected chi connectivity index (χ4v) is 2.11. The van der Waals surface area contributed by atoms with E-state index >= 15 is 0 Å². The minimum atomic E-state index is 0.172. The Kier molecular flexibility index (Phi) is 7.44. The Balaban J connectivity index is 4.00. The van der Waals surface area contributed by atoms with Gasteiger partial charge in [0, 0.05) is 20.0 Å². The lowest BCUT2D eigenvalue weighted by molar-refractivity contribution is -0.131. The number of nitrogens with zero attached hydrogens (tertiary/aromatic N) is 1. The number of carbonyl (C=O) groups excluding carboxylic acids is 1. The predicted molar refractivity (Wildman–Crippen MR) is 73.8 cm³/mol. The van der Waals surface area contributed by atoms with Crippen LogP contribution in [0.4, 0.5) is 0 Å². The van der Waals surface area contributed by atoms with Gasteiger partial charge in [-0.3, -0.25) is 4.79 Å². The van der Waals surface area contributed by atoms with Gasteiger partial charge in [0.1, 0.15) is 0 Å². The number of hydrogen-bond donors (Lipinski definition) is 1. The monoisotopic (exact) mass is 242 g/mol. The van der Waals surface area contributed by atoms with Gasteiger partial charge in [-0.2, -0.15) is 0 Å². The van der Waals surface area contributed by atoms with Crippen molar-refractivity contribution in [1.29, 1.82) is 0 Å². The standard InChI is InChI=1S/C14H30N2O/c1-6-12(9-10-15)7-8-13(17)16(5)11-14(2,3)4/h12H,6-11,15H2,1-5H3. The van der Waals surface area contributed by atoms with Crippen LogP contribution >= 0.6 is 0 Å². The first kappa shape index (κ1) is 16.4. The van der Waals surface area contributed by atoms with Gasteiger partial charge in [0.15, 0.2) is 0 Å². The molecule has 0 aliphatic rings. The number of nitrogens with two attached hydrogens (primary N) is 1. The molecule has 3 nitrogen and oxygen atoms in total. The van der Waals surface area contributed by atoms with E-state index in [1.54, 1.807) is 0 Å². The quantitative estimate of drug-likeness (QED) is 0.746. The van der Waals surface area contributed by atoms with Crippen molar-refractivity contribution in [2.24, 2.45) is 17.1 Å². The van der Waals surface area contributed by atoms with Crippen molar-refractivity contribution in [3.05, 3.63) is 0 Å². The highest BCUT2D eigenvalue weighted by molar-refractivity contribution is 5.75. The Morgan fingerprint density at radius 2 is 1.88 bits per heavy atom. The normalized spacial score (nSPS) is 13.5. The third kappa shape index (κ3) is 8.19. The van der Waals surface area contributed by atoms with Crippen molar-refractivity contribution < 1.29 is 4.79 Å². The van der Waals surface area contributed by atoms with E-state index in [-0.39, 0.29) is 11.3 Å².